The minimum absolute atomic E-state index is 0.0423. The van der Waals surface area contributed by atoms with Crippen LogP contribution < -0.4 is 4.74 Å². The molecule has 3 fully saturated rings. The molecule has 1 amide bonds. The number of benzene rings is 1. The molecule has 7 rings (SSSR count). The van der Waals surface area contributed by atoms with Crippen LogP contribution in [0.1, 0.15) is 62.3 Å². The quantitative estimate of drug-likeness (QED) is 0.594. The lowest BCUT2D eigenvalue weighted by Crippen LogP contribution is -2.74. The summed E-state index contributed by atoms with van der Waals surface area (Å²) in [6, 6.07) is 8.06. The molecule has 5 atom stereocenters. The highest BCUT2D eigenvalue weighted by Crippen LogP contribution is 2.70. The van der Waals surface area contributed by atoms with E-state index in [1.165, 1.54) is 30.5 Å². The third-order valence-corrected chi connectivity index (χ3v) is 10.4. The molecule has 6 heteroatoms. The number of amides is 1. The van der Waals surface area contributed by atoms with Gasteiger partial charge in [0.05, 0.1) is 12.3 Å². The summed E-state index contributed by atoms with van der Waals surface area (Å²) in [4.78, 5) is 18.0. The number of phenols is 1. The van der Waals surface area contributed by atoms with E-state index in [0.29, 0.717) is 17.6 Å². The number of rotatable bonds is 6. The zero-order chi connectivity index (χ0) is 24.7. The summed E-state index contributed by atoms with van der Waals surface area (Å²) in [5.41, 5.74) is 2.53. The van der Waals surface area contributed by atoms with Crippen molar-refractivity contribution in [3.63, 3.8) is 0 Å². The van der Waals surface area contributed by atoms with Gasteiger partial charge in [-0.3, -0.25) is 9.69 Å². The number of hydrogen-bond acceptors (Lipinski definition) is 5. The predicted octanol–water partition coefficient (Wildman–Crippen LogP) is 4.76. The second-order valence-corrected chi connectivity index (χ2v) is 11.8. The molecule has 1 aromatic heterocycles. The molecule has 1 N–H and O–H groups in total. The number of ether oxygens (including phenoxy) is 1. The zero-order valence-electron chi connectivity index (χ0n) is 21.3. The maximum atomic E-state index is 13.3. The predicted molar refractivity (Wildman–Crippen MR) is 137 cm³/mol. The first kappa shape index (κ1) is 22.5. The first-order valence-electron chi connectivity index (χ1n) is 13.7. The third-order valence-electron chi connectivity index (χ3n) is 10.4. The maximum Gasteiger partial charge on any atom is 0.246 e. The molecule has 2 saturated carbocycles. The van der Waals surface area contributed by atoms with Gasteiger partial charge in [0.15, 0.2) is 11.5 Å². The number of furan rings is 1. The van der Waals surface area contributed by atoms with Crippen LogP contribution in [-0.4, -0.2) is 59.1 Å². The molecule has 1 spiro atoms. The van der Waals surface area contributed by atoms with Gasteiger partial charge in [-0.15, -0.1) is 0 Å². The van der Waals surface area contributed by atoms with Crippen LogP contribution in [-0.2, 0) is 16.6 Å². The van der Waals surface area contributed by atoms with Crippen molar-refractivity contribution in [1.82, 2.24) is 9.80 Å². The minimum atomic E-state index is -0.170. The number of likely N-dealkylation sites (tertiary alicyclic amines) is 1. The molecule has 5 aliphatic rings. The number of phenolic OH excluding ortho intramolecular Hbond substituents is 1. The SMILES string of the molecule is CCC12CCC(N(C)C(=O)/C=C/c3ccco3)C3Oc4c(O)ccc5c4C31CCN(CC1CC1)C2C5. The smallest absolute Gasteiger partial charge is 0.246 e. The molecule has 3 heterocycles. The van der Waals surface area contributed by atoms with Crippen LogP contribution in [0.25, 0.3) is 6.08 Å². The molecule has 5 unspecified atom stereocenters. The van der Waals surface area contributed by atoms with Crippen molar-refractivity contribution in [3.8, 4) is 11.5 Å². The molecule has 3 aliphatic carbocycles. The van der Waals surface area contributed by atoms with Crippen molar-refractivity contribution in [2.45, 2.75) is 75.5 Å². The van der Waals surface area contributed by atoms with Gasteiger partial charge in [0.1, 0.15) is 11.9 Å². The summed E-state index contributed by atoms with van der Waals surface area (Å²) >= 11 is 0. The molecule has 2 bridgehead atoms. The van der Waals surface area contributed by atoms with Crippen LogP contribution in [0.15, 0.2) is 41.0 Å². The van der Waals surface area contributed by atoms with Crippen molar-refractivity contribution in [2.24, 2.45) is 11.3 Å². The van der Waals surface area contributed by atoms with Crippen LogP contribution in [0, 0.1) is 11.3 Å². The first-order chi connectivity index (χ1) is 17.5. The lowest BCUT2D eigenvalue weighted by Gasteiger charge is -2.67. The van der Waals surface area contributed by atoms with E-state index in [2.05, 4.69) is 17.9 Å². The summed E-state index contributed by atoms with van der Waals surface area (Å²) in [6.07, 6.45) is 12.7. The van der Waals surface area contributed by atoms with E-state index in [4.69, 9.17) is 9.15 Å². The van der Waals surface area contributed by atoms with Crippen LogP contribution in [0.2, 0.25) is 0 Å². The van der Waals surface area contributed by atoms with Gasteiger partial charge in [0.25, 0.3) is 0 Å². The van der Waals surface area contributed by atoms with Crippen molar-refractivity contribution < 1.29 is 19.1 Å². The third kappa shape index (κ3) is 2.91. The molecule has 0 radical (unpaired) electrons. The standard InChI is InChI=1S/C30H36N2O4/c1-3-29-13-12-22(31(2)25(34)11-9-21-5-4-16-35-21)28-30(29)14-15-32(18-19-6-7-19)24(29)17-20-8-10-23(33)27(36-28)26(20)30/h4-5,8-11,16,19,22,24,28,33H,3,6-7,12-15,17-18H2,1-2H3/b11-9+. The molecular weight excluding hydrogens is 452 g/mol. The van der Waals surface area contributed by atoms with Crippen molar-refractivity contribution in [1.29, 1.82) is 0 Å². The van der Waals surface area contributed by atoms with Gasteiger partial charge in [0.2, 0.25) is 5.91 Å². The number of hydrogen-bond donors (Lipinski definition) is 1. The van der Waals surface area contributed by atoms with Gasteiger partial charge < -0.3 is 19.2 Å². The lowest BCUT2D eigenvalue weighted by molar-refractivity contribution is -0.157. The van der Waals surface area contributed by atoms with E-state index in [9.17, 15) is 9.90 Å². The number of carbonyl (C=O) groups is 1. The molecular formula is C30H36N2O4. The number of aromatic hydroxyl groups is 1. The Kier molecular flexibility index (Phi) is 4.92. The largest absolute Gasteiger partial charge is 0.504 e. The number of nitrogens with zero attached hydrogens (tertiary/aromatic N) is 2. The van der Waals surface area contributed by atoms with Gasteiger partial charge in [-0.1, -0.05) is 13.0 Å². The van der Waals surface area contributed by atoms with Gasteiger partial charge in [0, 0.05) is 36.7 Å². The Morgan fingerprint density at radius 2 is 2.11 bits per heavy atom. The highest BCUT2D eigenvalue weighted by molar-refractivity contribution is 5.91. The Labute approximate surface area is 212 Å². The van der Waals surface area contributed by atoms with Gasteiger partial charge in [-0.25, -0.2) is 0 Å². The highest BCUT2D eigenvalue weighted by Gasteiger charge is 2.72. The van der Waals surface area contributed by atoms with E-state index in [0.717, 1.165) is 44.6 Å². The molecule has 36 heavy (non-hydrogen) atoms. The normalized spacial score (nSPS) is 34.4. The first-order valence-corrected chi connectivity index (χ1v) is 13.7. The number of carbonyl (C=O) groups excluding carboxylic acids is 1. The Hall–Kier alpha value is -2.73. The maximum absolute atomic E-state index is 13.3. The van der Waals surface area contributed by atoms with Gasteiger partial charge in [-0.2, -0.15) is 0 Å². The van der Waals surface area contributed by atoms with Crippen LogP contribution in [0.3, 0.4) is 0 Å². The fraction of sp³-hybridized carbons (Fsp3) is 0.567. The minimum Gasteiger partial charge on any atom is -0.504 e. The topological polar surface area (TPSA) is 66.2 Å². The van der Waals surface area contributed by atoms with Crippen molar-refractivity contribution in [3.05, 3.63) is 53.5 Å². The molecule has 2 aromatic rings. The Bertz CT molecular complexity index is 1220. The molecule has 6 nitrogen and oxygen atoms in total. The summed E-state index contributed by atoms with van der Waals surface area (Å²) in [5.74, 6) is 2.41. The second kappa shape index (κ2) is 7.88. The molecule has 190 valence electrons. The lowest BCUT2D eigenvalue weighted by atomic mass is 9.42. The van der Waals surface area contributed by atoms with Crippen LogP contribution in [0.5, 0.6) is 11.5 Å². The fourth-order valence-corrected chi connectivity index (χ4v) is 8.61. The monoisotopic (exact) mass is 488 g/mol. The molecule has 1 aromatic carbocycles. The van der Waals surface area contributed by atoms with Crippen molar-refractivity contribution >= 4 is 12.0 Å². The Morgan fingerprint density at radius 1 is 1.25 bits per heavy atom. The summed E-state index contributed by atoms with van der Waals surface area (Å²) in [5, 5.41) is 10.9. The highest BCUT2D eigenvalue weighted by atomic mass is 16.5. The van der Waals surface area contributed by atoms with Crippen molar-refractivity contribution in [2.75, 3.05) is 20.1 Å². The summed E-state index contributed by atoms with van der Waals surface area (Å²) < 4.78 is 12.2. The zero-order valence-corrected chi connectivity index (χ0v) is 21.3. The molecule has 1 saturated heterocycles. The van der Waals surface area contributed by atoms with Gasteiger partial charge >= 0.3 is 0 Å². The van der Waals surface area contributed by atoms with Gasteiger partial charge in [-0.05, 0) is 92.7 Å². The van der Waals surface area contributed by atoms with E-state index >= 15 is 0 Å². The Morgan fingerprint density at radius 3 is 2.86 bits per heavy atom. The number of piperidine rings is 1. The average Bonchev–Trinajstić information content (AvgIpc) is 3.40. The second-order valence-electron chi connectivity index (χ2n) is 11.8. The van der Waals surface area contributed by atoms with E-state index in [1.54, 1.807) is 18.4 Å². The van der Waals surface area contributed by atoms with Crippen LogP contribution >= 0.6 is 0 Å². The molecule has 2 aliphatic heterocycles. The summed E-state index contributed by atoms with van der Waals surface area (Å²) in [7, 11) is 1.91. The Balaban J connectivity index is 1.30. The van der Waals surface area contributed by atoms with E-state index in [-0.39, 0.29) is 34.6 Å². The van der Waals surface area contributed by atoms with Crippen LogP contribution in [0.4, 0.5) is 0 Å². The van der Waals surface area contributed by atoms with E-state index < -0.39 is 0 Å². The average molecular weight is 489 g/mol. The number of likely N-dealkylation sites (N-methyl/N-ethyl adjacent to an activating group) is 1. The fourth-order valence-electron chi connectivity index (χ4n) is 8.61. The van der Waals surface area contributed by atoms with E-state index in [1.807, 2.05) is 30.1 Å². The summed E-state index contributed by atoms with van der Waals surface area (Å²) in [6.45, 7) is 4.65.